The number of aryl methyl sites for hydroxylation is 3. The summed E-state index contributed by atoms with van der Waals surface area (Å²) < 4.78 is 28.9. The number of anilines is 2. The van der Waals surface area contributed by atoms with E-state index >= 15 is 0 Å². The van der Waals surface area contributed by atoms with Gasteiger partial charge in [0.2, 0.25) is 15.9 Å². The van der Waals surface area contributed by atoms with Gasteiger partial charge < -0.3 is 5.32 Å². The third kappa shape index (κ3) is 4.94. The van der Waals surface area contributed by atoms with Crippen molar-refractivity contribution in [3.63, 3.8) is 0 Å². The number of sulfonamides is 1. The first-order valence-electron chi connectivity index (χ1n) is 9.68. The van der Waals surface area contributed by atoms with Gasteiger partial charge in [-0.25, -0.2) is 13.2 Å². The van der Waals surface area contributed by atoms with E-state index in [9.17, 15) is 18.0 Å². The van der Waals surface area contributed by atoms with Crippen molar-refractivity contribution < 1.29 is 13.2 Å². The minimum absolute atomic E-state index is 0.136. The summed E-state index contributed by atoms with van der Waals surface area (Å²) in [6.45, 7) is 1.96. The highest BCUT2D eigenvalue weighted by molar-refractivity contribution is 7.92. The summed E-state index contributed by atoms with van der Waals surface area (Å²) in [5, 5.41) is 3.25. The molecule has 0 fully saturated rings. The standard InChI is InChI=1S/C21H25ClN4O4S/c1-14-7-8-15(22)12-18(14)26(31(4,29)30)11-5-6-20(27)23-16-9-10-17-19(13-16)25(3)21(28)24(17)2/h7-10,12-13H,5-6,11H2,1-4H3,(H,23,27). The number of benzene rings is 2. The number of aromatic nitrogens is 2. The average Bonchev–Trinajstić information content (AvgIpc) is 2.90. The van der Waals surface area contributed by atoms with Crippen molar-refractivity contribution in [2.24, 2.45) is 14.1 Å². The van der Waals surface area contributed by atoms with Gasteiger partial charge in [0.15, 0.2) is 0 Å². The fourth-order valence-corrected chi connectivity index (χ4v) is 4.69. The molecule has 1 N–H and O–H groups in total. The predicted octanol–water partition coefficient (Wildman–Crippen LogP) is 3.02. The third-order valence-electron chi connectivity index (χ3n) is 5.16. The van der Waals surface area contributed by atoms with Crippen LogP contribution in [0.15, 0.2) is 41.2 Å². The Morgan fingerprint density at radius 1 is 1.10 bits per heavy atom. The monoisotopic (exact) mass is 464 g/mol. The summed E-state index contributed by atoms with van der Waals surface area (Å²) in [5.74, 6) is -0.239. The number of hydrogen-bond donors (Lipinski definition) is 1. The molecular weight excluding hydrogens is 440 g/mol. The molecule has 1 amide bonds. The Morgan fingerprint density at radius 2 is 1.77 bits per heavy atom. The zero-order chi connectivity index (χ0) is 22.9. The van der Waals surface area contributed by atoms with Gasteiger partial charge in [-0.1, -0.05) is 17.7 Å². The van der Waals surface area contributed by atoms with Crippen LogP contribution in [-0.2, 0) is 28.9 Å². The van der Waals surface area contributed by atoms with E-state index in [0.29, 0.717) is 28.3 Å². The third-order valence-corrected chi connectivity index (χ3v) is 6.58. The molecule has 0 saturated carbocycles. The van der Waals surface area contributed by atoms with Gasteiger partial charge in [0, 0.05) is 37.8 Å². The van der Waals surface area contributed by atoms with Crippen molar-refractivity contribution in [3.05, 3.63) is 57.5 Å². The number of imidazole rings is 1. The molecule has 0 aliphatic rings. The average molecular weight is 465 g/mol. The SMILES string of the molecule is Cc1ccc(Cl)cc1N(CCCC(=O)Nc1ccc2c(c1)n(C)c(=O)n2C)S(C)(=O)=O. The highest BCUT2D eigenvalue weighted by Gasteiger charge is 2.20. The van der Waals surface area contributed by atoms with Crippen molar-refractivity contribution >= 4 is 49.9 Å². The van der Waals surface area contributed by atoms with Crippen LogP contribution in [0.25, 0.3) is 11.0 Å². The van der Waals surface area contributed by atoms with Crippen LogP contribution >= 0.6 is 11.6 Å². The molecule has 1 aromatic heterocycles. The molecule has 0 saturated heterocycles. The topological polar surface area (TPSA) is 93.4 Å². The van der Waals surface area contributed by atoms with E-state index in [2.05, 4.69) is 5.32 Å². The molecule has 0 aliphatic carbocycles. The van der Waals surface area contributed by atoms with E-state index in [-0.39, 0.29) is 24.6 Å². The Labute approximate surface area is 186 Å². The van der Waals surface area contributed by atoms with Crippen LogP contribution in [0, 0.1) is 6.92 Å². The van der Waals surface area contributed by atoms with Crippen LogP contribution in [0.2, 0.25) is 5.02 Å². The van der Waals surface area contributed by atoms with Crippen LogP contribution in [0.1, 0.15) is 18.4 Å². The van der Waals surface area contributed by atoms with Gasteiger partial charge in [0.1, 0.15) is 0 Å². The quantitative estimate of drug-likeness (QED) is 0.581. The lowest BCUT2D eigenvalue weighted by molar-refractivity contribution is -0.116. The van der Waals surface area contributed by atoms with E-state index in [0.717, 1.165) is 17.3 Å². The number of halogens is 1. The van der Waals surface area contributed by atoms with Crippen molar-refractivity contribution in [1.82, 2.24) is 9.13 Å². The first-order valence-corrected chi connectivity index (χ1v) is 11.9. The molecule has 0 radical (unpaired) electrons. The second-order valence-electron chi connectivity index (χ2n) is 7.52. The van der Waals surface area contributed by atoms with Gasteiger partial charge in [-0.3, -0.25) is 18.2 Å². The zero-order valence-corrected chi connectivity index (χ0v) is 19.4. The molecule has 1 heterocycles. The molecule has 8 nitrogen and oxygen atoms in total. The number of hydrogen-bond acceptors (Lipinski definition) is 4. The van der Waals surface area contributed by atoms with Crippen LogP contribution in [0.5, 0.6) is 0 Å². The molecule has 10 heteroatoms. The van der Waals surface area contributed by atoms with Crippen molar-refractivity contribution in [2.75, 3.05) is 22.4 Å². The summed E-state index contributed by atoms with van der Waals surface area (Å²) >= 11 is 6.04. The summed E-state index contributed by atoms with van der Waals surface area (Å²) in [5.41, 5.74) is 3.20. The fraction of sp³-hybridized carbons (Fsp3) is 0.333. The van der Waals surface area contributed by atoms with E-state index in [1.807, 2.05) is 6.92 Å². The van der Waals surface area contributed by atoms with Crippen LogP contribution in [0.4, 0.5) is 11.4 Å². The zero-order valence-electron chi connectivity index (χ0n) is 17.8. The molecule has 0 spiro atoms. The van der Waals surface area contributed by atoms with Crippen LogP contribution < -0.4 is 15.3 Å². The highest BCUT2D eigenvalue weighted by atomic mass is 35.5. The van der Waals surface area contributed by atoms with Gasteiger partial charge in [0.25, 0.3) is 0 Å². The summed E-state index contributed by atoms with van der Waals surface area (Å²) in [6.07, 6.45) is 1.60. The molecule has 0 atom stereocenters. The lowest BCUT2D eigenvalue weighted by Crippen LogP contribution is -2.32. The van der Waals surface area contributed by atoms with Gasteiger partial charge in [-0.15, -0.1) is 0 Å². The number of amides is 1. The maximum atomic E-state index is 12.4. The Morgan fingerprint density at radius 3 is 2.45 bits per heavy atom. The van der Waals surface area contributed by atoms with Crippen molar-refractivity contribution in [1.29, 1.82) is 0 Å². The van der Waals surface area contributed by atoms with E-state index in [1.165, 1.54) is 8.87 Å². The summed E-state index contributed by atoms with van der Waals surface area (Å²) in [4.78, 5) is 24.5. The predicted molar refractivity (Wildman–Crippen MR) is 124 cm³/mol. The highest BCUT2D eigenvalue weighted by Crippen LogP contribution is 2.26. The molecule has 3 aromatic rings. The number of carbonyl (C=O) groups is 1. The van der Waals surface area contributed by atoms with E-state index < -0.39 is 10.0 Å². The lowest BCUT2D eigenvalue weighted by atomic mass is 10.2. The number of rotatable bonds is 7. The second kappa shape index (κ2) is 8.76. The number of fused-ring (bicyclic) bond motifs is 1. The smallest absolute Gasteiger partial charge is 0.326 e. The number of carbonyl (C=O) groups excluding carboxylic acids is 1. The first kappa shape index (κ1) is 22.9. The Balaban J connectivity index is 1.68. The Hall–Kier alpha value is -2.78. The molecule has 31 heavy (non-hydrogen) atoms. The molecule has 2 aromatic carbocycles. The maximum absolute atomic E-state index is 12.4. The van der Waals surface area contributed by atoms with Gasteiger partial charge in [-0.05, 0) is 49.2 Å². The molecule has 0 unspecified atom stereocenters. The minimum Gasteiger partial charge on any atom is -0.326 e. The largest absolute Gasteiger partial charge is 0.328 e. The van der Waals surface area contributed by atoms with Crippen molar-refractivity contribution in [3.8, 4) is 0 Å². The van der Waals surface area contributed by atoms with E-state index in [4.69, 9.17) is 11.6 Å². The van der Waals surface area contributed by atoms with Gasteiger partial charge >= 0.3 is 5.69 Å². The number of nitrogens with zero attached hydrogens (tertiary/aromatic N) is 3. The second-order valence-corrected chi connectivity index (χ2v) is 9.87. The van der Waals surface area contributed by atoms with Gasteiger partial charge in [0.05, 0.1) is 23.0 Å². The first-order chi connectivity index (χ1) is 14.5. The fourth-order valence-electron chi connectivity index (χ4n) is 3.51. The summed E-state index contributed by atoms with van der Waals surface area (Å²) in [6, 6.07) is 10.3. The maximum Gasteiger partial charge on any atom is 0.328 e. The van der Waals surface area contributed by atoms with Crippen LogP contribution in [-0.4, -0.2) is 36.3 Å². The van der Waals surface area contributed by atoms with E-state index in [1.54, 1.807) is 55.1 Å². The molecule has 166 valence electrons. The van der Waals surface area contributed by atoms with Crippen molar-refractivity contribution in [2.45, 2.75) is 19.8 Å². The van der Waals surface area contributed by atoms with Crippen LogP contribution in [0.3, 0.4) is 0 Å². The lowest BCUT2D eigenvalue weighted by Gasteiger charge is -2.24. The molecule has 0 aliphatic heterocycles. The summed E-state index contributed by atoms with van der Waals surface area (Å²) in [7, 11) is -0.170. The molecular formula is C21H25ClN4O4S. The minimum atomic E-state index is -3.54. The Bertz CT molecular complexity index is 1310. The Kier molecular flexibility index (Phi) is 6.47. The number of nitrogens with one attached hydrogen (secondary N) is 1. The normalized spacial score (nSPS) is 11.6. The van der Waals surface area contributed by atoms with Gasteiger partial charge in [-0.2, -0.15) is 0 Å². The molecule has 0 bridgehead atoms. The molecule has 3 rings (SSSR count).